The molecule has 0 aromatic carbocycles. The van der Waals surface area contributed by atoms with Gasteiger partial charge in [-0.2, -0.15) is 23.2 Å². The first-order valence-electron chi connectivity index (χ1n) is 11.3. The highest BCUT2D eigenvalue weighted by atomic mass is 19.4. The SMILES string of the molecule is Cc1ccc2c(C(C)N=O)[nH]nc2n1.NC(CNC(=O)c1ccc2c(n1)NC1CCN2C1)C(F)(F)F. The van der Waals surface area contributed by atoms with E-state index in [1.165, 1.54) is 6.07 Å². The van der Waals surface area contributed by atoms with Crippen LogP contribution < -0.4 is 21.3 Å². The van der Waals surface area contributed by atoms with Gasteiger partial charge in [0.15, 0.2) is 11.5 Å². The summed E-state index contributed by atoms with van der Waals surface area (Å²) in [6.45, 7) is 4.78. The normalized spacial score (nSPS) is 17.9. The standard InChI is InChI=1S/C13H16F3N5O.C9H10N4O/c14-13(15,16)10(17)5-18-12(22)8-1-2-9-11(20-8)19-7-3-4-21(9)6-7;1-5-3-4-7-8(6(2)13-14)11-12-9(7)10-5/h1-2,7,10H,3-6,17H2,(H,18,22)(H,19,20);3-4,6H,1-2H3,(H,10,11,12). The van der Waals surface area contributed by atoms with Crippen LogP contribution in [0.25, 0.3) is 11.0 Å². The number of nitrogens with one attached hydrogen (secondary N) is 3. The Morgan fingerprint density at radius 3 is 2.81 bits per heavy atom. The number of nitroso groups, excluding NO2 is 1. The zero-order valence-corrected chi connectivity index (χ0v) is 19.6. The summed E-state index contributed by atoms with van der Waals surface area (Å²) in [4.78, 5) is 32.9. The minimum atomic E-state index is -4.54. The van der Waals surface area contributed by atoms with Gasteiger partial charge in [0.1, 0.15) is 17.8 Å². The van der Waals surface area contributed by atoms with Crippen molar-refractivity contribution in [1.82, 2.24) is 25.5 Å². The van der Waals surface area contributed by atoms with Crippen LogP contribution in [0.2, 0.25) is 0 Å². The smallest absolute Gasteiger partial charge is 0.366 e. The van der Waals surface area contributed by atoms with E-state index in [2.05, 4.69) is 40.9 Å². The molecule has 0 saturated carbocycles. The number of halogens is 3. The fourth-order valence-electron chi connectivity index (χ4n) is 4.02. The number of aromatic amines is 1. The van der Waals surface area contributed by atoms with Crippen LogP contribution in [-0.4, -0.2) is 64.0 Å². The number of alkyl halides is 3. The van der Waals surface area contributed by atoms with E-state index < -0.39 is 30.7 Å². The van der Waals surface area contributed by atoms with Gasteiger partial charge in [0.2, 0.25) is 0 Å². The number of amides is 1. The molecule has 14 heteroatoms. The van der Waals surface area contributed by atoms with E-state index in [1.807, 2.05) is 19.1 Å². The van der Waals surface area contributed by atoms with Crippen LogP contribution in [0.3, 0.4) is 0 Å². The summed E-state index contributed by atoms with van der Waals surface area (Å²) >= 11 is 0. The van der Waals surface area contributed by atoms with Crippen LogP contribution in [0.1, 0.15) is 41.3 Å². The van der Waals surface area contributed by atoms with Crippen LogP contribution in [0, 0.1) is 11.8 Å². The maximum atomic E-state index is 12.3. The summed E-state index contributed by atoms with van der Waals surface area (Å²) in [5, 5.41) is 16.0. The number of aromatic nitrogens is 4. The number of nitrogens with two attached hydrogens (primary N) is 1. The summed E-state index contributed by atoms with van der Waals surface area (Å²) in [7, 11) is 0. The van der Waals surface area contributed by atoms with E-state index in [0.717, 1.165) is 42.0 Å². The zero-order valence-electron chi connectivity index (χ0n) is 19.6. The first-order chi connectivity index (χ1) is 17.1. The molecule has 5 rings (SSSR count). The maximum Gasteiger partial charge on any atom is 0.405 e. The highest BCUT2D eigenvalue weighted by molar-refractivity contribution is 5.93. The Bertz CT molecular complexity index is 1260. The van der Waals surface area contributed by atoms with Gasteiger partial charge in [0, 0.05) is 36.8 Å². The molecule has 0 spiro atoms. The number of rotatable bonds is 5. The molecule has 1 amide bonds. The average Bonchev–Trinajstić information content (AvgIpc) is 3.44. The van der Waals surface area contributed by atoms with Gasteiger partial charge in [-0.25, -0.2) is 9.97 Å². The molecule has 1 fully saturated rings. The lowest BCUT2D eigenvalue weighted by Gasteiger charge is -2.27. The number of hydrogen-bond donors (Lipinski definition) is 4. The van der Waals surface area contributed by atoms with Crippen LogP contribution in [-0.2, 0) is 0 Å². The zero-order chi connectivity index (χ0) is 26.0. The molecule has 3 aromatic rings. The molecule has 3 unspecified atom stereocenters. The van der Waals surface area contributed by atoms with Gasteiger partial charge in [0.05, 0.1) is 11.4 Å². The van der Waals surface area contributed by atoms with Gasteiger partial charge in [-0.15, -0.1) is 0 Å². The van der Waals surface area contributed by atoms with Crippen molar-refractivity contribution >= 4 is 28.4 Å². The molecule has 36 heavy (non-hydrogen) atoms. The predicted molar refractivity (Wildman–Crippen MR) is 128 cm³/mol. The molecule has 1 saturated heterocycles. The molecular formula is C22H26F3N9O2. The van der Waals surface area contributed by atoms with Crippen molar-refractivity contribution in [3.05, 3.63) is 46.3 Å². The quantitative estimate of drug-likeness (QED) is 0.386. The van der Waals surface area contributed by atoms with Crippen LogP contribution >= 0.6 is 0 Å². The Morgan fingerprint density at radius 1 is 1.31 bits per heavy atom. The minimum absolute atomic E-state index is 0.0723. The molecule has 0 aliphatic carbocycles. The Labute approximate surface area is 204 Å². The lowest BCUT2D eigenvalue weighted by Crippen LogP contribution is -2.46. The number of carbonyl (C=O) groups excluding carboxylic acids is 1. The monoisotopic (exact) mass is 505 g/mol. The Balaban J connectivity index is 0.000000187. The van der Waals surface area contributed by atoms with Crippen molar-refractivity contribution in [2.24, 2.45) is 10.9 Å². The second-order valence-electron chi connectivity index (χ2n) is 8.74. The van der Waals surface area contributed by atoms with E-state index in [1.54, 1.807) is 13.0 Å². The fraction of sp³-hybridized carbons (Fsp3) is 0.455. The van der Waals surface area contributed by atoms with Crippen LogP contribution in [0.4, 0.5) is 24.7 Å². The van der Waals surface area contributed by atoms with E-state index in [9.17, 15) is 22.9 Å². The van der Waals surface area contributed by atoms with Crippen molar-refractivity contribution in [3.8, 4) is 0 Å². The summed E-state index contributed by atoms with van der Waals surface area (Å²) in [6, 6.07) is 4.86. The van der Waals surface area contributed by atoms with E-state index >= 15 is 0 Å². The molecule has 11 nitrogen and oxygen atoms in total. The second kappa shape index (κ2) is 10.0. The van der Waals surface area contributed by atoms with Crippen LogP contribution in [0.15, 0.2) is 29.4 Å². The largest absolute Gasteiger partial charge is 0.405 e. The molecule has 2 bridgehead atoms. The number of fused-ring (bicyclic) bond motifs is 5. The van der Waals surface area contributed by atoms with Crippen molar-refractivity contribution in [3.63, 3.8) is 0 Å². The van der Waals surface area contributed by atoms with Crippen molar-refractivity contribution in [2.75, 3.05) is 29.9 Å². The lowest BCUT2D eigenvalue weighted by molar-refractivity contribution is -0.146. The van der Waals surface area contributed by atoms with Crippen molar-refractivity contribution in [2.45, 2.75) is 44.6 Å². The third-order valence-electron chi connectivity index (χ3n) is 6.04. The number of aryl methyl sites for hydroxylation is 1. The highest BCUT2D eigenvalue weighted by Gasteiger charge is 2.37. The Morgan fingerprint density at radius 2 is 2.08 bits per heavy atom. The number of anilines is 2. The number of hydrogen-bond acceptors (Lipinski definition) is 9. The third kappa shape index (κ3) is 5.37. The van der Waals surface area contributed by atoms with Gasteiger partial charge in [-0.3, -0.25) is 9.89 Å². The fourth-order valence-corrected chi connectivity index (χ4v) is 4.02. The topological polar surface area (TPSA) is 154 Å². The van der Waals surface area contributed by atoms with Crippen molar-refractivity contribution in [1.29, 1.82) is 0 Å². The first-order valence-corrected chi connectivity index (χ1v) is 11.3. The minimum Gasteiger partial charge on any atom is -0.366 e. The molecule has 192 valence electrons. The number of nitrogens with zero attached hydrogens (tertiary/aromatic N) is 5. The number of carbonyl (C=O) groups is 1. The van der Waals surface area contributed by atoms with E-state index in [0.29, 0.717) is 17.5 Å². The average molecular weight is 506 g/mol. The molecule has 3 aromatic heterocycles. The van der Waals surface area contributed by atoms with E-state index in [4.69, 9.17) is 5.73 Å². The number of H-pyrrole nitrogens is 1. The van der Waals surface area contributed by atoms with Gasteiger partial charge < -0.3 is 21.3 Å². The summed E-state index contributed by atoms with van der Waals surface area (Å²) in [6.07, 6.45) is -3.54. The van der Waals surface area contributed by atoms with Gasteiger partial charge in [-0.1, -0.05) is 5.18 Å². The molecule has 2 aliphatic heterocycles. The summed E-state index contributed by atoms with van der Waals surface area (Å²) < 4.78 is 36.9. The van der Waals surface area contributed by atoms with Gasteiger partial charge >= 0.3 is 6.18 Å². The lowest BCUT2D eigenvalue weighted by atomic mass is 10.2. The Kier molecular flexibility index (Phi) is 7.06. The molecule has 3 atom stereocenters. The highest BCUT2D eigenvalue weighted by Crippen LogP contribution is 2.34. The second-order valence-corrected chi connectivity index (χ2v) is 8.74. The van der Waals surface area contributed by atoms with Crippen LogP contribution in [0.5, 0.6) is 0 Å². The molecule has 0 radical (unpaired) electrons. The summed E-state index contributed by atoms with van der Waals surface area (Å²) in [5.41, 5.74) is 8.20. The Hall–Kier alpha value is -3.81. The predicted octanol–water partition coefficient (Wildman–Crippen LogP) is 2.80. The van der Waals surface area contributed by atoms with E-state index in [-0.39, 0.29) is 5.69 Å². The molecular weight excluding hydrogens is 479 g/mol. The molecule has 5 N–H and O–H groups in total. The van der Waals surface area contributed by atoms with Crippen molar-refractivity contribution < 1.29 is 18.0 Å². The molecule has 5 heterocycles. The third-order valence-corrected chi connectivity index (χ3v) is 6.04. The summed E-state index contributed by atoms with van der Waals surface area (Å²) in [5.74, 6) is -0.0706. The van der Waals surface area contributed by atoms with Gasteiger partial charge in [-0.05, 0) is 44.5 Å². The maximum absolute atomic E-state index is 12.3. The first kappa shape index (κ1) is 25.3. The molecule has 2 aliphatic rings. The number of pyridine rings is 2. The van der Waals surface area contributed by atoms with Gasteiger partial charge in [0.25, 0.3) is 5.91 Å².